The Morgan fingerprint density at radius 3 is 2.86 bits per heavy atom. The van der Waals surface area contributed by atoms with Gasteiger partial charge in [-0.25, -0.2) is 4.39 Å². The van der Waals surface area contributed by atoms with Crippen LogP contribution in [-0.2, 0) is 4.84 Å². The fraction of sp³-hybridized carbons (Fsp3) is 0.368. The highest BCUT2D eigenvalue weighted by Crippen LogP contribution is 2.41. The summed E-state index contributed by atoms with van der Waals surface area (Å²) in [6.45, 7) is 0.261. The van der Waals surface area contributed by atoms with E-state index in [1.165, 1.54) is 13.2 Å². The molecule has 8 nitrogen and oxygen atoms in total. The number of aromatic nitrogens is 2. The molecular weight excluding hydrogens is 399 g/mol. The van der Waals surface area contributed by atoms with Crippen molar-refractivity contribution in [1.82, 2.24) is 14.4 Å². The van der Waals surface area contributed by atoms with Crippen LogP contribution in [0.1, 0.15) is 18.9 Å². The van der Waals surface area contributed by atoms with E-state index in [-0.39, 0.29) is 29.3 Å². The number of hydrogen-bond donors (Lipinski definition) is 3. The predicted octanol–water partition coefficient (Wildman–Crippen LogP) is 1.80. The van der Waals surface area contributed by atoms with Crippen LogP contribution in [0.15, 0.2) is 33.6 Å². The normalized spacial score (nSPS) is 19.3. The van der Waals surface area contributed by atoms with Gasteiger partial charge in [-0.1, -0.05) is 0 Å². The summed E-state index contributed by atoms with van der Waals surface area (Å²) in [5, 5.41) is 9.91. The average Bonchev–Trinajstić information content (AvgIpc) is 3.35. The smallest absolute Gasteiger partial charge is 0.271 e. The summed E-state index contributed by atoms with van der Waals surface area (Å²) in [4.78, 5) is 32.3. The summed E-state index contributed by atoms with van der Waals surface area (Å²) in [5.41, 5.74) is 3.40. The first-order valence-corrected chi connectivity index (χ1v) is 10.1. The lowest BCUT2D eigenvalue weighted by molar-refractivity contribution is 0.103. The minimum atomic E-state index is -0.561. The van der Waals surface area contributed by atoms with Crippen LogP contribution in [0, 0.1) is 11.7 Å². The van der Waals surface area contributed by atoms with Gasteiger partial charge in [-0.3, -0.25) is 24.3 Å². The molecule has 2 aromatic heterocycles. The number of pyridine rings is 1. The maximum absolute atomic E-state index is 15.1. The number of aliphatic hydroxyl groups is 1. The predicted molar refractivity (Wildman–Crippen MR) is 109 cm³/mol. The molecule has 0 saturated heterocycles. The second kappa shape index (κ2) is 6.68. The molecule has 0 amide bonds. The third kappa shape index (κ3) is 2.78. The monoisotopic (exact) mass is 418 g/mol. The Balaban J connectivity index is 1.74. The van der Waals surface area contributed by atoms with Gasteiger partial charge in [0.05, 0.1) is 30.6 Å². The Labute approximate surface area is 167 Å². The summed E-state index contributed by atoms with van der Waals surface area (Å²) in [6.07, 6.45) is 3.59. The summed E-state index contributed by atoms with van der Waals surface area (Å²) in [6, 6.07) is 3.07. The average molecular weight is 418 g/mol. The number of H-pyrrole nitrogens is 1. The first-order chi connectivity index (χ1) is 14.0. The van der Waals surface area contributed by atoms with Gasteiger partial charge in [0.25, 0.3) is 5.56 Å². The van der Waals surface area contributed by atoms with Crippen LogP contribution >= 0.6 is 11.5 Å². The van der Waals surface area contributed by atoms with Gasteiger partial charge in [0, 0.05) is 30.1 Å². The molecule has 0 radical (unpaired) electrons. The van der Waals surface area contributed by atoms with Crippen molar-refractivity contribution in [2.75, 3.05) is 25.2 Å². The zero-order chi connectivity index (χ0) is 20.3. The molecule has 3 aromatic rings. The second-order valence-corrected chi connectivity index (χ2v) is 8.18. The molecule has 0 spiro atoms. The third-order valence-corrected chi connectivity index (χ3v) is 6.39. The number of nitrogens with zero attached hydrogens (tertiary/aromatic N) is 2. The molecule has 3 N–H and O–H groups in total. The maximum atomic E-state index is 15.1. The Kier molecular flexibility index (Phi) is 4.23. The fourth-order valence-corrected chi connectivity index (χ4v) is 4.89. The molecule has 2 aliphatic rings. The topological polar surface area (TPSA) is 99.6 Å². The molecule has 0 bridgehead atoms. The lowest BCUT2D eigenvalue weighted by Crippen LogP contribution is -2.24. The number of rotatable bonds is 5. The quantitative estimate of drug-likeness (QED) is 0.547. The summed E-state index contributed by atoms with van der Waals surface area (Å²) >= 11 is 1.14. The Morgan fingerprint density at radius 1 is 1.38 bits per heavy atom. The van der Waals surface area contributed by atoms with Crippen LogP contribution in [0.2, 0.25) is 0 Å². The van der Waals surface area contributed by atoms with E-state index in [1.54, 1.807) is 17.2 Å². The SMILES string of the molecule is CONC1=CN(c2cc3c(cc2F)c(=O)c2c(=O)[nH]sc2n3C2CC2)CC1CO. The molecule has 1 aliphatic heterocycles. The van der Waals surface area contributed by atoms with E-state index < -0.39 is 16.8 Å². The molecule has 1 aliphatic carbocycles. The first kappa shape index (κ1) is 18.3. The highest BCUT2D eigenvalue weighted by atomic mass is 32.1. The van der Waals surface area contributed by atoms with E-state index in [4.69, 9.17) is 4.84 Å². The number of hydroxylamine groups is 1. The molecular formula is C19H19FN4O4S. The van der Waals surface area contributed by atoms with Crippen LogP contribution < -0.4 is 21.4 Å². The minimum absolute atomic E-state index is 0.0922. The van der Waals surface area contributed by atoms with Crippen molar-refractivity contribution in [3.05, 3.63) is 50.4 Å². The number of nitrogens with one attached hydrogen (secondary N) is 2. The minimum Gasteiger partial charge on any atom is -0.396 e. The van der Waals surface area contributed by atoms with E-state index >= 15 is 4.39 Å². The van der Waals surface area contributed by atoms with Gasteiger partial charge < -0.3 is 14.6 Å². The van der Waals surface area contributed by atoms with E-state index in [1.807, 2.05) is 4.57 Å². The lowest BCUT2D eigenvalue weighted by atomic mass is 10.1. The van der Waals surface area contributed by atoms with Crippen LogP contribution in [0.3, 0.4) is 0 Å². The molecule has 5 rings (SSSR count). The molecule has 1 fully saturated rings. The third-order valence-electron chi connectivity index (χ3n) is 5.51. The molecule has 3 heterocycles. The van der Waals surface area contributed by atoms with Crippen molar-refractivity contribution in [3.8, 4) is 0 Å². The van der Waals surface area contributed by atoms with Gasteiger partial charge >= 0.3 is 0 Å². The Hall–Kier alpha value is -2.69. The van der Waals surface area contributed by atoms with Crippen LogP contribution in [0.25, 0.3) is 21.1 Å². The number of hydrogen-bond acceptors (Lipinski definition) is 7. The van der Waals surface area contributed by atoms with Gasteiger partial charge in [-0.2, -0.15) is 0 Å². The number of fused-ring (bicyclic) bond motifs is 2. The Morgan fingerprint density at radius 2 is 2.17 bits per heavy atom. The van der Waals surface area contributed by atoms with Gasteiger partial charge in [0.15, 0.2) is 0 Å². The molecule has 1 atom stereocenters. The van der Waals surface area contributed by atoms with Gasteiger partial charge in [0.2, 0.25) is 5.43 Å². The number of anilines is 1. The highest BCUT2D eigenvalue weighted by molar-refractivity contribution is 7.12. The fourth-order valence-electron chi connectivity index (χ4n) is 3.97. The lowest BCUT2D eigenvalue weighted by Gasteiger charge is -2.20. The number of aliphatic hydroxyl groups excluding tert-OH is 1. The van der Waals surface area contributed by atoms with Gasteiger partial charge in [-0.15, -0.1) is 0 Å². The molecule has 1 saturated carbocycles. The standard InChI is InChI=1S/C19H19FN4O4S/c1-28-21-13-7-23(6-9(13)8-25)15-5-14-11(4-12(15)20)17(26)16-18(27)22-29-19(16)24(14)10-2-3-10/h4-5,7,9-10,21,25H,2-3,6,8H2,1H3,(H,22,27). The van der Waals surface area contributed by atoms with Crippen molar-refractivity contribution >= 4 is 38.3 Å². The van der Waals surface area contributed by atoms with E-state index in [0.717, 1.165) is 24.4 Å². The van der Waals surface area contributed by atoms with E-state index in [9.17, 15) is 14.7 Å². The van der Waals surface area contributed by atoms with Crippen LogP contribution in [0.5, 0.6) is 0 Å². The molecule has 1 aromatic carbocycles. The van der Waals surface area contributed by atoms with Crippen molar-refractivity contribution < 1.29 is 14.3 Å². The maximum Gasteiger partial charge on any atom is 0.271 e. The number of benzene rings is 1. The first-order valence-electron chi connectivity index (χ1n) is 9.30. The van der Waals surface area contributed by atoms with Crippen LogP contribution in [-0.4, -0.2) is 34.3 Å². The molecule has 29 heavy (non-hydrogen) atoms. The van der Waals surface area contributed by atoms with Crippen LogP contribution in [0.4, 0.5) is 10.1 Å². The summed E-state index contributed by atoms with van der Waals surface area (Å²) in [5.74, 6) is -0.803. The van der Waals surface area contributed by atoms with Gasteiger partial charge in [0.1, 0.15) is 16.0 Å². The van der Waals surface area contributed by atoms with E-state index in [2.05, 4.69) is 9.85 Å². The van der Waals surface area contributed by atoms with E-state index in [0.29, 0.717) is 28.3 Å². The largest absolute Gasteiger partial charge is 0.396 e. The van der Waals surface area contributed by atoms with Crippen molar-refractivity contribution in [1.29, 1.82) is 0 Å². The van der Waals surface area contributed by atoms with Gasteiger partial charge in [-0.05, 0) is 36.5 Å². The number of aromatic amines is 1. The van der Waals surface area contributed by atoms with Crippen molar-refractivity contribution in [2.24, 2.45) is 5.92 Å². The molecule has 1 unspecified atom stereocenters. The van der Waals surface area contributed by atoms with Crippen molar-refractivity contribution in [3.63, 3.8) is 0 Å². The summed E-state index contributed by atoms with van der Waals surface area (Å²) in [7, 11) is 1.47. The number of halogens is 1. The summed E-state index contributed by atoms with van der Waals surface area (Å²) < 4.78 is 19.7. The van der Waals surface area contributed by atoms with Crippen molar-refractivity contribution in [2.45, 2.75) is 18.9 Å². The highest BCUT2D eigenvalue weighted by Gasteiger charge is 2.31. The zero-order valence-corrected chi connectivity index (χ0v) is 16.4. The Bertz CT molecular complexity index is 1270. The zero-order valence-electron chi connectivity index (χ0n) is 15.6. The second-order valence-electron chi connectivity index (χ2n) is 7.39. The molecule has 10 heteroatoms. The molecule has 152 valence electrons.